The first kappa shape index (κ1) is 13.3. The number of hydrogen-bond acceptors (Lipinski definition) is 4. The zero-order valence-corrected chi connectivity index (χ0v) is 9.36. The minimum Gasteiger partial charge on any atom is -0.487 e. The van der Waals surface area contributed by atoms with Crippen LogP contribution in [0, 0.1) is 0 Å². The smallest absolute Gasteiger partial charge is 0.415 e. The molecule has 0 aliphatic carbocycles. The van der Waals surface area contributed by atoms with E-state index in [1.807, 2.05) is 0 Å². The Morgan fingerprint density at radius 2 is 2.19 bits per heavy atom. The monoisotopic (exact) mass is 255 g/mol. The second kappa shape index (κ2) is 5.51. The molecule has 92 valence electrons. The van der Waals surface area contributed by atoms with E-state index in [-0.39, 0.29) is 6.54 Å². The number of nitrogens with one attached hydrogen (secondary N) is 1. The van der Waals surface area contributed by atoms with E-state index in [9.17, 15) is 13.2 Å². The summed E-state index contributed by atoms with van der Waals surface area (Å²) in [4.78, 5) is 0.853. The van der Waals surface area contributed by atoms with Gasteiger partial charge in [-0.1, -0.05) is 0 Å². The maximum absolute atomic E-state index is 11.9. The third kappa shape index (κ3) is 3.99. The van der Waals surface area contributed by atoms with Crippen molar-refractivity contribution in [2.24, 2.45) is 0 Å². The molecule has 0 fully saturated rings. The lowest BCUT2D eigenvalue weighted by atomic mass is 10.3. The van der Waals surface area contributed by atoms with E-state index in [0.29, 0.717) is 5.06 Å². The van der Waals surface area contributed by atoms with Gasteiger partial charge in [-0.2, -0.15) is 13.2 Å². The van der Waals surface area contributed by atoms with E-state index in [1.54, 1.807) is 12.1 Å². The molecule has 1 atom stereocenters. The van der Waals surface area contributed by atoms with Crippen LogP contribution in [0.25, 0.3) is 0 Å². The van der Waals surface area contributed by atoms with Gasteiger partial charge < -0.3 is 15.2 Å². The largest absolute Gasteiger partial charge is 0.487 e. The predicted octanol–water partition coefficient (Wildman–Crippen LogP) is 1.77. The maximum Gasteiger partial charge on any atom is 0.415 e. The second-order valence-electron chi connectivity index (χ2n) is 3.11. The Morgan fingerprint density at radius 1 is 1.50 bits per heavy atom. The van der Waals surface area contributed by atoms with Gasteiger partial charge >= 0.3 is 6.18 Å². The summed E-state index contributed by atoms with van der Waals surface area (Å²) in [7, 11) is 1.52. The Bertz CT molecular complexity index is 327. The van der Waals surface area contributed by atoms with Crippen molar-refractivity contribution in [1.82, 2.24) is 5.32 Å². The minimum atomic E-state index is -4.57. The second-order valence-corrected chi connectivity index (χ2v) is 4.24. The van der Waals surface area contributed by atoms with Crippen LogP contribution in [-0.4, -0.2) is 31.0 Å². The summed E-state index contributed by atoms with van der Waals surface area (Å²) in [5, 5.41) is 11.9. The van der Waals surface area contributed by atoms with Crippen molar-refractivity contribution in [3.05, 3.63) is 17.0 Å². The molecule has 3 nitrogen and oxygen atoms in total. The number of hydrogen-bond donors (Lipinski definition) is 2. The first-order chi connectivity index (χ1) is 7.43. The lowest BCUT2D eigenvalue weighted by molar-refractivity contribution is -0.201. The van der Waals surface area contributed by atoms with Crippen LogP contribution < -0.4 is 10.1 Å². The molecule has 1 unspecified atom stereocenters. The van der Waals surface area contributed by atoms with Crippen LogP contribution in [-0.2, 0) is 6.54 Å². The molecule has 0 amide bonds. The van der Waals surface area contributed by atoms with Gasteiger partial charge in [-0.25, -0.2) is 0 Å². The summed E-state index contributed by atoms with van der Waals surface area (Å²) in [6, 6.07) is 3.50. The Morgan fingerprint density at radius 3 is 2.69 bits per heavy atom. The van der Waals surface area contributed by atoms with Gasteiger partial charge in [0.2, 0.25) is 0 Å². The van der Waals surface area contributed by atoms with Gasteiger partial charge in [0, 0.05) is 18.0 Å². The molecule has 0 aliphatic rings. The Kier molecular flexibility index (Phi) is 4.57. The molecule has 0 radical (unpaired) electrons. The predicted molar refractivity (Wildman–Crippen MR) is 54.6 cm³/mol. The third-order valence-corrected chi connectivity index (χ3v) is 2.90. The Labute approximate surface area is 94.9 Å². The molecule has 1 heterocycles. The van der Waals surface area contributed by atoms with Crippen LogP contribution in [0.3, 0.4) is 0 Å². The van der Waals surface area contributed by atoms with Crippen molar-refractivity contribution in [3.63, 3.8) is 0 Å². The quantitative estimate of drug-likeness (QED) is 0.842. The molecule has 0 bridgehead atoms. The Hall–Kier alpha value is -0.790. The molecule has 7 heteroatoms. The number of alkyl halides is 3. The van der Waals surface area contributed by atoms with Crippen molar-refractivity contribution in [2.75, 3.05) is 13.7 Å². The molecular formula is C9H12F3NO2S. The average Bonchev–Trinajstić information content (AvgIpc) is 2.64. The number of halogens is 3. The van der Waals surface area contributed by atoms with Crippen LogP contribution in [0.1, 0.15) is 4.88 Å². The summed E-state index contributed by atoms with van der Waals surface area (Å²) in [5.74, 6) is 0. The van der Waals surface area contributed by atoms with Gasteiger partial charge in [-0.05, 0) is 12.1 Å². The van der Waals surface area contributed by atoms with Crippen LogP contribution in [0.5, 0.6) is 5.06 Å². The summed E-state index contributed by atoms with van der Waals surface area (Å²) >= 11 is 1.34. The van der Waals surface area contributed by atoms with E-state index >= 15 is 0 Å². The molecular weight excluding hydrogens is 243 g/mol. The average molecular weight is 255 g/mol. The SMILES string of the molecule is COc1ccc(CNCC(O)C(F)(F)F)s1. The molecule has 0 aromatic carbocycles. The third-order valence-electron chi connectivity index (χ3n) is 1.85. The number of ether oxygens (including phenoxy) is 1. The van der Waals surface area contributed by atoms with E-state index in [0.717, 1.165) is 4.88 Å². The van der Waals surface area contributed by atoms with Gasteiger partial charge in [-0.15, -0.1) is 11.3 Å². The van der Waals surface area contributed by atoms with Gasteiger partial charge in [-0.3, -0.25) is 0 Å². The van der Waals surface area contributed by atoms with E-state index < -0.39 is 18.8 Å². The molecule has 1 rings (SSSR count). The fraction of sp³-hybridized carbons (Fsp3) is 0.556. The lowest BCUT2D eigenvalue weighted by Gasteiger charge is -2.14. The zero-order chi connectivity index (χ0) is 12.2. The topological polar surface area (TPSA) is 41.5 Å². The lowest BCUT2D eigenvalue weighted by Crippen LogP contribution is -2.38. The van der Waals surface area contributed by atoms with Crippen LogP contribution in [0.4, 0.5) is 13.2 Å². The standard InChI is InChI=1S/C9H12F3NO2S/c1-15-8-3-2-6(16-8)4-13-5-7(14)9(10,11)12/h2-3,7,13-14H,4-5H2,1H3. The normalized spacial score (nSPS) is 13.8. The maximum atomic E-state index is 11.9. The van der Waals surface area contributed by atoms with Crippen molar-refractivity contribution < 1.29 is 23.0 Å². The number of methoxy groups -OCH3 is 1. The van der Waals surface area contributed by atoms with Crippen LogP contribution >= 0.6 is 11.3 Å². The van der Waals surface area contributed by atoms with E-state index in [2.05, 4.69) is 5.32 Å². The highest BCUT2D eigenvalue weighted by Gasteiger charge is 2.37. The molecule has 0 aliphatic heterocycles. The molecule has 2 N–H and O–H groups in total. The number of aliphatic hydroxyl groups excluding tert-OH is 1. The van der Waals surface area contributed by atoms with Gasteiger partial charge in [0.15, 0.2) is 11.2 Å². The van der Waals surface area contributed by atoms with Crippen LogP contribution in [0.2, 0.25) is 0 Å². The summed E-state index contributed by atoms with van der Waals surface area (Å²) in [6.07, 6.45) is -6.89. The number of thiophene rings is 1. The van der Waals surface area contributed by atoms with Crippen molar-refractivity contribution in [2.45, 2.75) is 18.8 Å². The van der Waals surface area contributed by atoms with Crippen molar-refractivity contribution in [1.29, 1.82) is 0 Å². The highest BCUT2D eigenvalue weighted by Crippen LogP contribution is 2.24. The van der Waals surface area contributed by atoms with Gasteiger partial charge in [0.05, 0.1) is 7.11 Å². The molecule has 0 saturated heterocycles. The first-order valence-electron chi connectivity index (χ1n) is 4.51. The first-order valence-corrected chi connectivity index (χ1v) is 5.33. The zero-order valence-electron chi connectivity index (χ0n) is 8.54. The summed E-state index contributed by atoms with van der Waals surface area (Å²) < 4.78 is 40.7. The highest BCUT2D eigenvalue weighted by atomic mass is 32.1. The fourth-order valence-electron chi connectivity index (χ4n) is 1.01. The minimum absolute atomic E-state index is 0.279. The number of aliphatic hydroxyl groups is 1. The summed E-state index contributed by atoms with van der Waals surface area (Å²) in [5.41, 5.74) is 0. The van der Waals surface area contributed by atoms with Crippen LogP contribution in [0.15, 0.2) is 12.1 Å². The Balaban J connectivity index is 2.30. The van der Waals surface area contributed by atoms with E-state index in [1.165, 1.54) is 18.4 Å². The molecule has 0 saturated carbocycles. The van der Waals surface area contributed by atoms with Crippen molar-refractivity contribution in [3.8, 4) is 5.06 Å². The van der Waals surface area contributed by atoms with Gasteiger partial charge in [0.25, 0.3) is 0 Å². The van der Waals surface area contributed by atoms with Gasteiger partial charge in [0.1, 0.15) is 0 Å². The van der Waals surface area contributed by atoms with E-state index in [4.69, 9.17) is 9.84 Å². The number of rotatable bonds is 5. The molecule has 16 heavy (non-hydrogen) atoms. The van der Waals surface area contributed by atoms with Crippen molar-refractivity contribution >= 4 is 11.3 Å². The summed E-state index contributed by atoms with van der Waals surface area (Å²) in [6.45, 7) is -0.231. The fourth-order valence-corrected chi connectivity index (χ4v) is 1.80. The highest BCUT2D eigenvalue weighted by molar-refractivity contribution is 7.13. The molecule has 1 aromatic heterocycles. The molecule has 1 aromatic rings. The molecule has 0 spiro atoms.